The molecular weight excluding hydrogens is 364 g/mol. The molecule has 0 aliphatic carbocycles. The van der Waals surface area contributed by atoms with E-state index in [2.05, 4.69) is 27.4 Å². The topological polar surface area (TPSA) is 88.9 Å². The first-order valence-corrected chi connectivity index (χ1v) is 8.54. The summed E-state index contributed by atoms with van der Waals surface area (Å²) in [6.07, 6.45) is 1.70. The highest BCUT2D eigenvalue weighted by Crippen LogP contribution is 2.16. The number of anilines is 1. The first-order chi connectivity index (χ1) is 12.4. The number of rotatable bonds is 8. The van der Waals surface area contributed by atoms with E-state index in [0.717, 1.165) is 12.1 Å². The molecule has 0 spiro atoms. The number of hydrogen-bond donors (Lipinski definition) is 2. The van der Waals surface area contributed by atoms with Crippen LogP contribution < -0.4 is 10.6 Å². The summed E-state index contributed by atoms with van der Waals surface area (Å²) in [5, 5.41) is 13.3. The summed E-state index contributed by atoms with van der Waals surface area (Å²) in [7, 11) is 0. The van der Waals surface area contributed by atoms with Crippen molar-refractivity contribution >= 4 is 29.3 Å². The van der Waals surface area contributed by atoms with Crippen molar-refractivity contribution in [3.63, 3.8) is 0 Å². The van der Waals surface area contributed by atoms with Crippen molar-refractivity contribution in [2.24, 2.45) is 0 Å². The Morgan fingerprint density at radius 1 is 1.27 bits per heavy atom. The summed E-state index contributed by atoms with van der Waals surface area (Å²) in [5.74, 6) is -2.25. The van der Waals surface area contributed by atoms with E-state index in [0.29, 0.717) is 17.5 Å². The number of allylic oxidation sites excluding steroid dienone is 1. The number of carbonyl (C=O) groups excluding carboxylic acids is 2. The standard InChI is InChI=1S/C16H17F2N5O2S/c1-3-6-23-10(2)21-22-16(23)26-9-15(25)19-8-14(24)20-11-4-5-12(17)13(18)7-11/h3-5,7H,1,6,8-9H2,2H3,(H,19,25)(H,20,24). The average molecular weight is 381 g/mol. The lowest BCUT2D eigenvalue weighted by Gasteiger charge is -2.08. The largest absolute Gasteiger partial charge is 0.346 e. The smallest absolute Gasteiger partial charge is 0.243 e. The quantitative estimate of drug-likeness (QED) is 0.539. The van der Waals surface area contributed by atoms with Crippen LogP contribution in [0.5, 0.6) is 0 Å². The molecule has 26 heavy (non-hydrogen) atoms. The van der Waals surface area contributed by atoms with Crippen LogP contribution >= 0.6 is 11.8 Å². The Hall–Kier alpha value is -2.75. The number of aryl methyl sites for hydroxylation is 1. The van der Waals surface area contributed by atoms with Crippen LogP contribution in [0.3, 0.4) is 0 Å². The van der Waals surface area contributed by atoms with Gasteiger partial charge in [0.05, 0.1) is 12.3 Å². The maximum atomic E-state index is 13.1. The van der Waals surface area contributed by atoms with Crippen LogP contribution in [0.25, 0.3) is 0 Å². The molecule has 1 aromatic carbocycles. The van der Waals surface area contributed by atoms with Crippen LogP contribution in [-0.2, 0) is 16.1 Å². The zero-order valence-corrected chi connectivity index (χ0v) is 14.8. The van der Waals surface area contributed by atoms with Crippen LogP contribution in [0.15, 0.2) is 36.0 Å². The monoisotopic (exact) mass is 381 g/mol. The molecule has 0 bridgehead atoms. The molecule has 0 radical (unpaired) electrons. The lowest BCUT2D eigenvalue weighted by molar-refractivity contribution is -0.122. The predicted molar refractivity (Wildman–Crippen MR) is 93.7 cm³/mol. The van der Waals surface area contributed by atoms with E-state index < -0.39 is 17.5 Å². The van der Waals surface area contributed by atoms with Crippen molar-refractivity contribution in [1.29, 1.82) is 0 Å². The molecule has 0 saturated heterocycles. The second-order valence-electron chi connectivity index (χ2n) is 5.17. The third-order valence-electron chi connectivity index (χ3n) is 3.20. The summed E-state index contributed by atoms with van der Waals surface area (Å²) in [4.78, 5) is 23.6. The van der Waals surface area contributed by atoms with Crippen molar-refractivity contribution in [2.45, 2.75) is 18.6 Å². The normalized spacial score (nSPS) is 10.4. The number of carbonyl (C=O) groups is 2. The first-order valence-electron chi connectivity index (χ1n) is 7.55. The molecule has 2 amide bonds. The van der Waals surface area contributed by atoms with Crippen molar-refractivity contribution in [1.82, 2.24) is 20.1 Å². The van der Waals surface area contributed by atoms with Gasteiger partial charge in [-0.25, -0.2) is 8.78 Å². The van der Waals surface area contributed by atoms with Crippen molar-refractivity contribution in [2.75, 3.05) is 17.6 Å². The Labute approximate surface area is 152 Å². The number of benzene rings is 1. The van der Waals surface area contributed by atoms with Gasteiger partial charge in [0.15, 0.2) is 16.8 Å². The minimum atomic E-state index is -1.07. The fraction of sp³-hybridized carbons (Fsp3) is 0.250. The lowest BCUT2D eigenvalue weighted by Crippen LogP contribution is -2.34. The molecular formula is C16H17F2N5O2S. The van der Waals surface area contributed by atoms with Gasteiger partial charge in [0.25, 0.3) is 0 Å². The number of amides is 2. The maximum absolute atomic E-state index is 13.1. The van der Waals surface area contributed by atoms with Crippen molar-refractivity contribution < 1.29 is 18.4 Å². The average Bonchev–Trinajstić information content (AvgIpc) is 2.95. The minimum Gasteiger partial charge on any atom is -0.346 e. The van der Waals surface area contributed by atoms with Crippen LogP contribution in [0.2, 0.25) is 0 Å². The Kier molecular flexibility index (Phi) is 6.84. The number of hydrogen-bond acceptors (Lipinski definition) is 5. The molecule has 0 aliphatic rings. The zero-order valence-electron chi connectivity index (χ0n) is 14.0. The van der Waals surface area contributed by atoms with E-state index in [9.17, 15) is 18.4 Å². The second kappa shape index (κ2) is 9.09. The fourth-order valence-electron chi connectivity index (χ4n) is 1.95. The number of thioether (sulfide) groups is 1. The van der Waals surface area contributed by atoms with E-state index in [-0.39, 0.29) is 23.9 Å². The molecule has 0 saturated carbocycles. The Morgan fingerprint density at radius 3 is 2.73 bits per heavy atom. The highest BCUT2D eigenvalue weighted by Gasteiger charge is 2.12. The highest BCUT2D eigenvalue weighted by atomic mass is 32.2. The third kappa shape index (κ3) is 5.38. The lowest BCUT2D eigenvalue weighted by atomic mass is 10.3. The molecule has 0 unspecified atom stereocenters. The van der Waals surface area contributed by atoms with Gasteiger partial charge in [-0.05, 0) is 19.1 Å². The molecule has 1 heterocycles. The maximum Gasteiger partial charge on any atom is 0.243 e. The number of nitrogens with zero attached hydrogens (tertiary/aromatic N) is 3. The van der Waals surface area contributed by atoms with Crippen LogP contribution in [0.1, 0.15) is 5.82 Å². The Balaban J connectivity index is 1.78. The summed E-state index contributed by atoms with van der Waals surface area (Å²) in [6, 6.07) is 2.99. The zero-order chi connectivity index (χ0) is 19.1. The summed E-state index contributed by atoms with van der Waals surface area (Å²) in [6.45, 7) is 5.68. The van der Waals surface area contributed by atoms with Crippen LogP contribution in [0, 0.1) is 18.6 Å². The van der Waals surface area contributed by atoms with Gasteiger partial charge in [0.1, 0.15) is 5.82 Å². The van der Waals surface area contributed by atoms with E-state index in [1.807, 2.05) is 0 Å². The van der Waals surface area contributed by atoms with Crippen molar-refractivity contribution in [3.8, 4) is 0 Å². The van der Waals surface area contributed by atoms with Gasteiger partial charge in [-0.3, -0.25) is 9.59 Å². The van der Waals surface area contributed by atoms with Crippen LogP contribution in [-0.4, -0.2) is 38.9 Å². The summed E-state index contributed by atoms with van der Waals surface area (Å²) < 4.78 is 27.7. The van der Waals surface area contributed by atoms with E-state index in [4.69, 9.17) is 0 Å². The van der Waals surface area contributed by atoms with Gasteiger partial charge in [0, 0.05) is 18.3 Å². The Morgan fingerprint density at radius 2 is 2.04 bits per heavy atom. The van der Waals surface area contributed by atoms with E-state index in [1.165, 1.54) is 17.8 Å². The molecule has 2 aromatic rings. The van der Waals surface area contributed by atoms with Crippen molar-refractivity contribution in [3.05, 3.63) is 48.3 Å². The minimum absolute atomic E-state index is 0.0493. The summed E-state index contributed by atoms with van der Waals surface area (Å²) in [5.41, 5.74) is 0.102. The van der Waals surface area contributed by atoms with Crippen LogP contribution in [0.4, 0.5) is 14.5 Å². The molecule has 0 fully saturated rings. The van der Waals surface area contributed by atoms with Gasteiger partial charge in [0.2, 0.25) is 11.8 Å². The second-order valence-corrected chi connectivity index (χ2v) is 6.11. The summed E-state index contributed by atoms with van der Waals surface area (Å²) >= 11 is 1.18. The fourth-order valence-corrected chi connectivity index (χ4v) is 2.77. The number of halogens is 2. The first kappa shape index (κ1) is 19.6. The molecule has 0 aliphatic heterocycles. The van der Waals surface area contributed by atoms with E-state index in [1.54, 1.807) is 17.6 Å². The molecule has 0 atom stereocenters. The van der Waals surface area contributed by atoms with Gasteiger partial charge in [-0.15, -0.1) is 16.8 Å². The number of aromatic nitrogens is 3. The van der Waals surface area contributed by atoms with Gasteiger partial charge < -0.3 is 15.2 Å². The molecule has 7 nitrogen and oxygen atoms in total. The molecule has 138 valence electrons. The molecule has 1 aromatic heterocycles. The van der Waals surface area contributed by atoms with E-state index >= 15 is 0 Å². The highest BCUT2D eigenvalue weighted by molar-refractivity contribution is 7.99. The number of nitrogens with one attached hydrogen (secondary N) is 2. The Bertz CT molecular complexity index is 825. The van der Waals surface area contributed by atoms with Gasteiger partial charge in [-0.2, -0.15) is 0 Å². The molecule has 2 N–H and O–H groups in total. The predicted octanol–water partition coefficient (Wildman–Crippen LogP) is 1.90. The molecule has 2 rings (SSSR count). The molecule has 10 heteroatoms. The SMILES string of the molecule is C=CCn1c(C)nnc1SCC(=O)NCC(=O)Nc1ccc(F)c(F)c1. The van der Waals surface area contributed by atoms with Gasteiger partial charge in [-0.1, -0.05) is 17.8 Å². The third-order valence-corrected chi connectivity index (χ3v) is 4.16. The van der Waals surface area contributed by atoms with Gasteiger partial charge >= 0.3 is 0 Å².